The summed E-state index contributed by atoms with van der Waals surface area (Å²) in [6, 6.07) is 8.11. The van der Waals surface area contributed by atoms with Gasteiger partial charge in [0, 0.05) is 17.7 Å². The molecule has 2 aromatic rings. The van der Waals surface area contributed by atoms with Crippen LogP contribution in [0.15, 0.2) is 40.6 Å². The quantitative estimate of drug-likeness (QED) is 0.507. The zero-order chi connectivity index (χ0) is 16.3. The molecule has 22 heavy (non-hydrogen) atoms. The topological polar surface area (TPSA) is 132 Å². The van der Waals surface area contributed by atoms with E-state index >= 15 is 0 Å². The van der Waals surface area contributed by atoms with Gasteiger partial charge in [0.1, 0.15) is 28.9 Å². The standard InChI is InChI=1S/C14H10N4O4/c1-8-13(19)5-4-12(14(8)20)17-16-11-3-2-10(18(21)22)6-9(11)7-15/h2-6,19-20H,1H3. The van der Waals surface area contributed by atoms with E-state index in [1.54, 1.807) is 6.07 Å². The van der Waals surface area contributed by atoms with Gasteiger partial charge in [0.05, 0.1) is 10.5 Å². The lowest BCUT2D eigenvalue weighted by atomic mass is 10.1. The number of nitriles is 1. The number of nitro groups is 1. The zero-order valence-corrected chi connectivity index (χ0v) is 11.4. The van der Waals surface area contributed by atoms with Crippen LogP contribution in [0.4, 0.5) is 17.1 Å². The number of non-ortho nitro benzene ring substituents is 1. The molecule has 110 valence electrons. The van der Waals surface area contributed by atoms with Crippen LogP contribution in [0.3, 0.4) is 0 Å². The Labute approximate surface area is 124 Å². The molecule has 0 aliphatic rings. The Morgan fingerprint density at radius 3 is 2.45 bits per heavy atom. The van der Waals surface area contributed by atoms with E-state index in [1.807, 2.05) is 0 Å². The summed E-state index contributed by atoms with van der Waals surface area (Å²) in [5, 5.41) is 46.5. The third kappa shape index (κ3) is 2.83. The summed E-state index contributed by atoms with van der Waals surface area (Å²) >= 11 is 0. The number of rotatable bonds is 3. The van der Waals surface area contributed by atoms with Crippen molar-refractivity contribution in [1.29, 1.82) is 5.26 Å². The Kier molecular flexibility index (Phi) is 3.99. The highest BCUT2D eigenvalue weighted by Crippen LogP contribution is 2.36. The first-order valence-corrected chi connectivity index (χ1v) is 6.06. The molecule has 0 amide bonds. The van der Waals surface area contributed by atoms with E-state index in [-0.39, 0.29) is 39.7 Å². The Bertz CT molecular complexity index is 824. The molecule has 8 heteroatoms. The average Bonchev–Trinajstić information content (AvgIpc) is 2.51. The van der Waals surface area contributed by atoms with E-state index in [0.717, 1.165) is 6.07 Å². The Morgan fingerprint density at radius 1 is 1.18 bits per heavy atom. The number of azo groups is 1. The number of phenolic OH excluding ortho intramolecular Hbond substituents is 2. The second kappa shape index (κ2) is 5.88. The number of hydrogen-bond donors (Lipinski definition) is 2. The van der Waals surface area contributed by atoms with Crippen molar-refractivity contribution in [2.45, 2.75) is 6.92 Å². The summed E-state index contributed by atoms with van der Waals surface area (Å²) in [5.41, 5.74) is 0.267. The lowest BCUT2D eigenvalue weighted by molar-refractivity contribution is -0.384. The molecular formula is C14H10N4O4. The fourth-order valence-electron chi connectivity index (χ4n) is 1.68. The van der Waals surface area contributed by atoms with Crippen molar-refractivity contribution in [3.63, 3.8) is 0 Å². The van der Waals surface area contributed by atoms with Gasteiger partial charge in [0.2, 0.25) is 0 Å². The molecular weight excluding hydrogens is 288 g/mol. The average molecular weight is 298 g/mol. The van der Waals surface area contributed by atoms with E-state index in [1.165, 1.54) is 31.2 Å². The number of hydrogen-bond acceptors (Lipinski definition) is 7. The molecule has 2 aromatic carbocycles. The molecule has 0 radical (unpaired) electrons. The highest BCUT2D eigenvalue weighted by molar-refractivity contribution is 5.61. The maximum absolute atomic E-state index is 10.7. The van der Waals surface area contributed by atoms with Crippen molar-refractivity contribution in [1.82, 2.24) is 0 Å². The SMILES string of the molecule is Cc1c(O)ccc(N=Nc2ccc([N+](=O)[O-])cc2C#N)c1O. The van der Waals surface area contributed by atoms with Gasteiger partial charge in [-0.25, -0.2) is 0 Å². The molecule has 0 aliphatic heterocycles. The summed E-state index contributed by atoms with van der Waals surface area (Å²) in [6.45, 7) is 1.51. The summed E-state index contributed by atoms with van der Waals surface area (Å²) in [6.07, 6.45) is 0. The molecule has 0 bridgehead atoms. The molecule has 0 aromatic heterocycles. The predicted octanol–water partition coefficient (Wildman–Crippen LogP) is 3.60. The minimum absolute atomic E-state index is 0.00654. The van der Waals surface area contributed by atoms with Crippen LogP contribution in [-0.4, -0.2) is 15.1 Å². The minimum Gasteiger partial charge on any atom is -0.508 e. The molecule has 0 heterocycles. The minimum atomic E-state index is -0.614. The number of benzene rings is 2. The Hall–Kier alpha value is -3.47. The number of nitro benzene ring substituents is 1. The van der Waals surface area contributed by atoms with Crippen LogP contribution in [0.25, 0.3) is 0 Å². The Balaban J connectivity index is 2.41. The fraction of sp³-hybridized carbons (Fsp3) is 0.0714. The van der Waals surface area contributed by atoms with Crippen molar-refractivity contribution in [3.8, 4) is 17.6 Å². The normalized spacial score (nSPS) is 10.5. The molecule has 8 nitrogen and oxygen atoms in total. The van der Waals surface area contributed by atoms with Crippen molar-refractivity contribution >= 4 is 17.1 Å². The molecule has 2 N–H and O–H groups in total. The third-order valence-electron chi connectivity index (χ3n) is 2.96. The van der Waals surface area contributed by atoms with Gasteiger partial charge in [-0.15, -0.1) is 10.2 Å². The lowest BCUT2D eigenvalue weighted by Gasteiger charge is -2.04. The zero-order valence-electron chi connectivity index (χ0n) is 11.4. The van der Waals surface area contributed by atoms with Crippen LogP contribution in [0.5, 0.6) is 11.5 Å². The van der Waals surface area contributed by atoms with Gasteiger partial charge in [0.15, 0.2) is 0 Å². The summed E-state index contributed by atoms with van der Waals surface area (Å²) in [4.78, 5) is 10.0. The van der Waals surface area contributed by atoms with Crippen molar-refractivity contribution in [2.75, 3.05) is 0 Å². The second-order valence-corrected chi connectivity index (χ2v) is 4.35. The first-order valence-electron chi connectivity index (χ1n) is 6.06. The fourth-order valence-corrected chi connectivity index (χ4v) is 1.68. The maximum Gasteiger partial charge on any atom is 0.270 e. The molecule has 0 saturated heterocycles. The van der Waals surface area contributed by atoms with Crippen LogP contribution in [0.1, 0.15) is 11.1 Å². The van der Waals surface area contributed by atoms with Crippen LogP contribution < -0.4 is 0 Å². The first kappa shape index (κ1) is 14.9. The monoisotopic (exact) mass is 298 g/mol. The van der Waals surface area contributed by atoms with Gasteiger partial charge in [-0.2, -0.15) is 5.26 Å². The number of nitrogens with zero attached hydrogens (tertiary/aromatic N) is 4. The van der Waals surface area contributed by atoms with E-state index in [9.17, 15) is 20.3 Å². The molecule has 0 spiro atoms. The van der Waals surface area contributed by atoms with Crippen molar-refractivity contribution < 1.29 is 15.1 Å². The highest BCUT2D eigenvalue weighted by Gasteiger charge is 2.11. The lowest BCUT2D eigenvalue weighted by Crippen LogP contribution is -1.88. The van der Waals surface area contributed by atoms with E-state index < -0.39 is 4.92 Å². The largest absolute Gasteiger partial charge is 0.508 e. The van der Waals surface area contributed by atoms with Crippen LogP contribution >= 0.6 is 0 Å². The van der Waals surface area contributed by atoms with Crippen molar-refractivity contribution in [2.24, 2.45) is 10.2 Å². The van der Waals surface area contributed by atoms with Gasteiger partial charge >= 0.3 is 0 Å². The van der Waals surface area contributed by atoms with Gasteiger partial charge < -0.3 is 10.2 Å². The van der Waals surface area contributed by atoms with E-state index in [4.69, 9.17) is 5.26 Å². The number of phenols is 2. The molecule has 0 aliphatic carbocycles. The molecule has 0 saturated carbocycles. The molecule has 0 fully saturated rings. The third-order valence-corrected chi connectivity index (χ3v) is 2.96. The molecule has 0 unspecified atom stereocenters. The van der Waals surface area contributed by atoms with E-state index in [0.29, 0.717) is 0 Å². The maximum atomic E-state index is 10.7. The molecule has 2 rings (SSSR count). The van der Waals surface area contributed by atoms with Crippen molar-refractivity contribution in [3.05, 3.63) is 51.6 Å². The van der Waals surface area contributed by atoms with Gasteiger partial charge in [-0.1, -0.05) is 0 Å². The summed E-state index contributed by atoms with van der Waals surface area (Å²) in [5.74, 6) is -0.311. The Morgan fingerprint density at radius 2 is 1.82 bits per heavy atom. The molecule has 0 atom stereocenters. The van der Waals surface area contributed by atoms with Crippen LogP contribution in [-0.2, 0) is 0 Å². The smallest absolute Gasteiger partial charge is 0.270 e. The highest BCUT2D eigenvalue weighted by atomic mass is 16.6. The summed E-state index contributed by atoms with van der Waals surface area (Å²) < 4.78 is 0. The van der Waals surface area contributed by atoms with Gasteiger partial charge in [-0.3, -0.25) is 10.1 Å². The second-order valence-electron chi connectivity index (χ2n) is 4.35. The number of aromatic hydroxyl groups is 2. The first-order chi connectivity index (χ1) is 10.4. The van der Waals surface area contributed by atoms with Crippen LogP contribution in [0.2, 0.25) is 0 Å². The van der Waals surface area contributed by atoms with Gasteiger partial charge in [-0.05, 0) is 25.1 Å². The predicted molar refractivity (Wildman–Crippen MR) is 76.5 cm³/mol. The van der Waals surface area contributed by atoms with Gasteiger partial charge in [0.25, 0.3) is 5.69 Å². The van der Waals surface area contributed by atoms with Crippen LogP contribution in [0, 0.1) is 28.4 Å². The summed E-state index contributed by atoms with van der Waals surface area (Å²) in [7, 11) is 0. The van der Waals surface area contributed by atoms with E-state index in [2.05, 4.69) is 10.2 Å².